The van der Waals surface area contributed by atoms with Crippen LogP contribution in [0, 0.1) is 0 Å². The zero-order valence-corrected chi connectivity index (χ0v) is 14.0. The van der Waals surface area contributed by atoms with Crippen molar-refractivity contribution < 1.29 is 9.59 Å². The molecule has 0 spiro atoms. The molecule has 3 aromatic rings. The summed E-state index contributed by atoms with van der Waals surface area (Å²) in [7, 11) is 0. The number of hydrogen-bond acceptors (Lipinski definition) is 5. The van der Waals surface area contributed by atoms with Gasteiger partial charge in [-0.3, -0.25) is 14.2 Å². The van der Waals surface area contributed by atoms with Gasteiger partial charge in [0.2, 0.25) is 5.95 Å². The summed E-state index contributed by atoms with van der Waals surface area (Å²) in [5.74, 6) is -0.757. The van der Waals surface area contributed by atoms with E-state index in [2.05, 4.69) is 25.6 Å². The Morgan fingerprint density at radius 3 is 2.73 bits per heavy atom. The Morgan fingerprint density at radius 1 is 1.23 bits per heavy atom. The predicted octanol–water partition coefficient (Wildman–Crippen LogP) is 0.329. The number of carbonyl (C=O) groups excluding carboxylic acids is 2. The molecule has 0 bridgehead atoms. The number of aromatic amines is 1. The van der Waals surface area contributed by atoms with Gasteiger partial charge in [-0.25, -0.2) is 9.97 Å². The molecule has 1 saturated heterocycles. The molecule has 3 heterocycles. The van der Waals surface area contributed by atoms with Gasteiger partial charge in [0.15, 0.2) is 5.69 Å². The minimum atomic E-state index is -0.738. The summed E-state index contributed by atoms with van der Waals surface area (Å²) in [6.07, 6.45) is 3.05. The molecule has 9 heteroatoms. The fourth-order valence-electron chi connectivity index (χ4n) is 3.18. The molecule has 1 fully saturated rings. The maximum atomic E-state index is 12.6. The van der Waals surface area contributed by atoms with Crippen LogP contribution in [0.4, 0.5) is 0 Å². The highest BCUT2D eigenvalue weighted by atomic mass is 16.2. The lowest BCUT2D eigenvalue weighted by molar-refractivity contribution is 0.0910. The van der Waals surface area contributed by atoms with Crippen molar-refractivity contribution in [1.29, 1.82) is 0 Å². The lowest BCUT2D eigenvalue weighted by atomic mass is 10.1. The molecule has 0 atom stereocenters. The molecular weight excluding hydrogens is 334 g/mol. The molecule has 0 saturated carbocycles. The van der Waals surface area contributed by atoms with Gasteiger partial charge in [-0.2, -0.15) is 0 Å². The number of H-pyrrole nitrogens is 1. The monoisotopic (exact) mass is 353 g/mol. The molecule has 2 aromatic heterocycles. The molecule has 0 aliphatic carbocycles. The summed E-state index contributed by atoms with van der Waals surface area (Å²) in [5, 5.41) is 6.17. The molecule has 134 valence electrons. The van der Waals surface area contributed by atoms with E-state index in [1.54, 1.807) is 0 Å². The number of amides is 2. The van der Waals surface area contributed by atoms with Gasteiger partial charge in [0.25, 0.3) is 11.8 Å². The second kappa shape index (κ2) is 6.60. The van der Waals surface area contributed by atoms with Crippen LogP contribution >= 0.6 is 0 Å². The third-order valence-electron chi connectivity index (χ3n) is 4.50. The lowest BCUT2D eigenvalue weighted by Crippen LogP contribution is -2.43. The molecule has 2 amide bonds. The van der Waals surface area contributed by atoms with Crippen molar-refractivity contribution >= 4 is 22.8 Å². The smallest absolute Gasteiger partial charge is 0.272 e. The summed E-state index contributed by atoms with van der Waals surface area (Å²) in [5.41, 5.74) is 7.11. The molecular formula is C17H19N7O2. The molecule has 1 aliphatic rings. The summed E-state index contributed by atoms with van der Waals surface area (Å²) in [4.78, 5) is 36.3. The van der Waals surface area contributed by atoms with Crippen LogP contribution in [0.1, 0.15) is 33.8 Å². The average Bonchev–Trinajstić information content (AvgIpc) is 3.26. The number of aromatic nitrogens is 4. The van der Waals surface area contributed by atoms with Crippen molar-refractivity contribution in [3.63, 3.8) is 0 Å². The summed E-state index contributed by atoms with van der Waals surface area (Å²) >= 11 is 0. The van der Waals surface area contributed by atoms with Crippen LogP contribution in [0.25, 0.3) is 17.0 Å². The van der Waals surface area contributed by atoms with Crippen LogP contribution in [0.3, 0.4) is 0 Å². The first kappa shape index (κ1) is 16.3. The number of nitrogens with two attached hydrogens (primary N) is 1. The van der Waals surface area contributed by atoms with Crippen molar-refractivity contribution in [2.45, 2.75) is 18.9 Å². The Morgan fingerprint density at radius 2 is 2.00 bits per heavy atom. The highest BCUT2D eigenvalue weighted by Crippen LogP contribution is 2.17. The number of primary amides is 1. The summed E-state index contributed by atoms with van der Waals surface area (Å²) in [6, 6.07) is 7.53. The number of hydrogen-bond donors (Lipinski definition) is 4. The molecule has 0 unspecified atom stereocenters. The third-order valence-corrected chi connectivity index (χ3v) is 4.50. The number of imidazole rings is 2. The van der Waals surface area contributed by atoms with Gasteiger partial charge in [-0.15, -0.1) is 0 Å². The van der Waals surface area contributed by atoms with Crippen molar-refractivity contribution in [3.05, 3.63) is 42.0 Å². The number of para-hydroxylation sites is 2. The first-order valence-corrected chi connectivity index (χ1v) is 8.47. The van der Waals surface area contributed by atoms with E-state index >= 15 is 0 Å². The highest BCUT2D eigenvalue weighted by molar-refractivity contribution is 6.04. The first-order chi connectivity index (χ1) is 12.6. The topological polar surface area (TPSA) is 131 Å². The van der Waals surface area contributed by atoms with E-state index in [4.69, 9.17) is 5.73 Å². The van der Waals surface area contributed by atoms with Gasteiger partial charge in [-0.1, -0.05) is 12.1 Å². The summed E-state index contributed by atoms with van der Waals surface area (Å²) in [6.45, 7) is 1.70. The van der Waals surface area contributed by atoms with Crippen LogP contribution < -0.4 is 16.4 Å². The van der Waals surface area contributed by atoms with E-state index in [0.717, 1.165) is 37.0 Å². The Bertz CT molecular complexity index is 936. The Labute approximate surface area is 149 Å². The largest absolute Gasteiger partial charge is 0.364 e. The standard InChI is InChI=1S/C17H19N7O2/c18-15(25)14-13(16(26)21-10-5-7-19-8-6-10)20-9-24(14)17-22-11-3-1-2-4-12(11)23-17/h1-4,9-10,19H,5-8H2,(H2,18,25)(H,21,26)(H,22,23). The quantitative estimate of drug-likeness (QED) is 0.537. The van der Waals surface area contributed by atoms with E-state index in [9.17, 15) is 9.59 Å². The minimum Gasteiger partial charge on any atom is -0.364 e. The second-order valence-electron chi connectivity index (χ2n) is 6.25. The number of piperidine rings is 1. The number of nitrogens with one attached hydrogen (secondary N) is 3. The fraction of sp³-hybridized carbons (Fsp3) is 0.294. The van der Waals surface area contributed by atoms with E-state index in [1.807, 2.05) is 24.3 Å². The Hall–Kier alpha value is -3.20. The maximum Gasteiger partial charge on any atom is 0.272 e. The molecule has 1 aliphatic heterocycles. The third kappa shape index (κ3) is 2.93. The van der Waals surface area contributed by atoms with Crippen LogP contribution in [-0.4, -0.2) is 50.5 Å². The van der Waals surface area contributed by atoms with Gasteiger partial charge in [0.1, 0.15) is 12.0 Å². The first-order valence-electron chi connectivity index (χ1n) is 8.47. The zero-order valence-electron chi connectivity index (χ0n) is 14.0. The molecule has 1 aromatic carbocycles. The normalized spacial score (nSPS) is 15.2. The maximum absolute atomic E-state index is 12.6. The van der Waals surface area contributed by atoms with E-state index < -0.39 is 11.8 Å². The second-order valence-corrected chi connectivity index (χ2v) is 6.25. The number of nitrogens with zero attached hydrogens (tertiary/aromatic N) is 3. The van der Waals surface area contributed by atoms with Gasteiger partial charge in [0.05, 0.1) is 11.0 Å². The molecule has 4 rings (SSSR count). The number of fused-ring (bicyclic) bond motifs is 1. The zero-order chi connectivity index (χ0) is 18.1. The Kier molecular flexibility index (Phi) is 4.13. The van der Waals surface area contributed by atoms with Crippen LogP contribution in [0.5, 0.6) is 0 Å². The van der Waals surface area contributed by atoms with Crippen molar-refractivity contribution in [3.8, 4) is 5.95 Å². The van der Waals surface area contributed by atoms with Gasteiger partial charge in [-0.05, 0) is 38.1 Å². The number of carbonyl (C=O) groups is 2. The highest BCUT2D eigenvalue weighted by Gasteiger charge is 2.26. The number of rotatable bonds is 4. The van der Waals surface area contributed by atoms with Gasteiger partial charge < -0.3 is 21.4 Å². The van der Waals surface area contributed by atoms with Crippen molar-refractivity contribution in [2.75, 3.05) is 13.1 Å². The van der Waals surface area contributed by atoms with Crippen molar-refractivity contribution in [1.82, 2.24) is 30.2 Å². The van der Waals surface area contributed by atoms with E-state index in [0.29, 0.717) is 5.95 Å². The van der Waals surface area contributed by atoms with Crippen LogP contribution in [0.2, 0.25) is 0 Å². The molecule has 0 radical (unpaired) electrons. The molecule has 9 nitrogen and oxygen atoms in total. The minimum absolute atomic E-state index is 0.00971. The summed E-state index contributed by atoms with van der Waals surface area (Å²) < 4.78 is 1.42. The lowest BCUT2D eigenvalue weighted by Gasteiger charge is -2.23. The van der Waals surface area contributed by atoms with Crippen LogP contribution in [0.15, 0.2) is 30.6 Å². The molecule has 26 heavy (non-hydrogen) atoms. The molecule has 5 N–H and O–H groups in total. The average molecular weight is 353 g/mol. The van der Waals surface area contributed by atoms with Crippen LogP contribution in [-0.2, 0) is 0 Å². The van der Waals surface area contributed by atoms with Crippen molar-refractivity contribution in [2.24, 2.45) is 5.73 Å². The van der Waals surface area contributed by atoms with Gasteiger partial charge >= 0.3 is 0 Å². The van der Waals surface area contributed by atoms with Gasteiger partial charge in [0, 0.05) is 6.04 Å². The SMILES string of the molecule is NC(=O)c1c(C(=O)NC2CCNCC2)ncn1-c1nc2ccccc2[nH]1. The van der Waals surface area contributed by atoms with E-state index in [-0.39, 0.29) is 17.4 Å². The van der Waals surface area contributed by atoms with E-state index in [1.165, 1.54) is 10.9 Å². The predicted molar refractivity (Wildman–Crippen MR) is 95.1 cm³/mol. The number of benzene rings is 1. The fourth-order valence-corrected chi connectivity index (χ4v) is 3.18. The Balaban J connectivity index is 1.68.